The Morgan fingerprint density at radius 3 is 2.21 bits per heavy atom. The van der Waals surface area contributed by atoms with Crippen LogP contribution in [0, 0.1) is 0 Å². The molecular formula is C7H16BNO5. The van der Waals surface area contributed by atoms with Gasteiger partial charge >= 0.3 is 13.3 Å². The molecule has 3 N–H and O–H groups in total. The van der Waals surface area contributed by atoms with Crippen LogP contribution in [0.3, 0.4) is 0 Å². The number of esters is 1. The Balaban J connectivity index is 0. The fourth-order valence-electron chi connectivity index (χ4n) is 0.388. The van der Waals surface area contributed by atoms with Crippen LogP contribution in [-0.4, -0.2) is 60.5 Å². The number of nitrogens with zero attached hydrogens (tertiary/aromatic N) is 1. The van der Waals surface area contributed by atoms with E-state index in [0.29, 0.717) is 6.61 Å². The normalized spacial score (nSPS) is 8.71. The number of hydrogen-bond donors (Lipinski definition) is 3. The molecule has 0 fully saturated rings. The van der Waals surface area contributed by atoms with Crippen molar-refractivity contribution in [2.45, 2.75) is 0 Å². The quantitative estimate of drug-likeness (QED) is 0.285. The van der Waals surface area contributed by atoms with Gasteiger partial charge in [-0.25, -0.2) is 4.79 Å². The third kappa shape index (κ3) is 22.5. The maximum atomic E-state index is 10.4. The van der Waals surface area contributed by atoms with Gasteiger partial charge in [0.25, 0.3) is 0 Å². The molecule has 0 spiro atoms. The van der Waals surface area contributed by atoms with Crippen LogP contribution in [0.1, 0.15) is 0 Å². The molecule has 0 saturated heterocycles. The fourth-order valence-corrected chi connectivity index (χ4v) is 0.388. The Morgan fingerprint density at radius 1 is 1.50 bits per heavy atom. The van der Waals surface area contributed by atoms with E-state index < -0.39 is 7.32 Å². The van der Waals surface area contributed by atoms with Gasteiger partial charge in [-0.2, -0.15) is 0 Å². The van der Waals surface area contributed by atoms with Gasteiger partial charge in [-0.1, -0.05) is 6.58 Å². The lowest BCUT2D eigenvalue weighted by atomic mass is 10.3. The highest BCUT2D eigenvalue weighted by Gasteiger charge is 1.94. The van der Waals surface area contributed by atoms with Gasteiger partial charge in [0.15, 0.2) is 0 Å². The second-order valence-electron chi connectivity index (χ2n) is 2.52. The maximum absolute atomic E-state index is 10.4. The molecule has 82 valence electrons. The standard InChI is InChI=1S/C7H13NO2.BH3O3/c1-4-7(9)10-6-5-8(2)3;2-1(3)4/h4H,1,5-6H2,2-3H3;2-4H. The van der Waals surface area contributed by atoms with E-state index in [9.17, 15) is 4.79 Å². The summed E-state index contributed by atoms with van der Waals surface area (Å²) in [5.74, 6) is -0.359. The molecule has 0 bridgehead atoms. The summed E-state index contributed by atoms with van der Waals surface area (Å²) in [6.45, 7) is 4.45. The van der Waals surface area contributed by atoms with E-state index in [0.717, 1.165) is 12.6 Å². The van der Waals surface area contributed by atoms with Crippen LogP contribution in [0.2, 0.25) is 0 Å². The Labute approximate surface area is 83.6 Å². The van der Waals surface area contributed by atoms with Crippen LogP contribution in [0.4, 0.5) is 0 Å². The largest absolute Gasteiger partial charge is 0.631 e. The number of likely N-dealkylation sites (N-methyl/N-ethyl adjacent to an activating group) is 1. The zero-order valence-corrected chi connectivity index (χ0v) is 8.38. The van der Waals surface area contributed by atoms with Crippen molar-refractivity contribution < 1.29 is 24.6 Å². The van der Waals surface area contributed by atoms with Crippen molar-refractivity contribution in [3.05, 3.63) is 12.7 Å². The minimum absolute atomic E-state index is 0.359. The summed E-state index contributed by atoms with van der Waals surface area (Å²) in [5.41, 5.74) is 0. The number of hydrogen-bond acceptors (Lipinski definition) is 6. The Morgan fingerprint density at radius 2 is 1.93 bits per heavy atom. The van der Waals surface area contributed by atoms with Crippen LogP contribution in [0.25, 0.3) is 0 Å². The van der Waals surface area contributed by atoms with E-state index in [1.807, 2.05) is 19.0 Å². The van der Waals surface area contributed by atoms with E-state index in [1.54, 1.807) is 0 Å². The molecule has 0 aromatic heterocycles. The summed E-state index contributed by atoms with van der Waals surface area (Å²) in [4.78, 5) is 12.4. The smallest absolute Gasteiger partial charge is 0.461 e. The highest BCUT2D eigenvalue weighted by atomic mass is 16.5. The SMILES string of the molecule is C=CC(=O)OCCN(C)C.OB(O)O. The van der Waals surface area contributed by atoms with Crippen LogP contribution in [-0.2, 0) is 9.53 Å². The summed E-state index contributed by atoms with van der Waals surface area (Å²) in [5, 5.41) is 21.5. The van der Waals surface area contributed by atoms with Crippen molar-refractivity contribution in [2.75, 3.05) is 27.2 Å². The van der Waals surface area contributed by atoms with Crippen molar-refractivity contribution in [3.63, 3.8) is 0 Å². The van der Waals surface area contributed by atoms with Gasteiger partial charge < -0.3 is 24.7 Å². The van der Waals surface area contributed by atoms with Crippen molar-refractivity contribution in [1.82, 2.24) is 4.90 Å². The number of carbonyl (C=O) groups excluding carboxylic acids is 1. The number of ether oxygens (including phenoxy) is 1. The monoisotopic (exact) mass is 205 g/mol. The molecule has 0 aromatic rings. The predicted molar refractivity (Wildman–Crippen MR) is 52.1 cm³/mol. The van der Waals surface area contributed by atoms with E-state index in [4.69, 9.17) is 19.8 Å². The molecule has 0 unspecified atom stereocenters. The summed E-state index contributed by atoms with van der Waals surface area (Å²) < 4.78 is 4.70. The van der Waals surface area contributed by atoms with Gasteiger partial charge in [0, 0.05) is 12.6 Å². The summed E-state index contributed by atoms with van der Waals surface area (Å²) >= 11 is 0. The van der Waals surface area contributed by atoms with Crippen LogP contribution in [0.15, 0.2) is 12.7 Å². The third-order valence-electron chi connectivity index (χ3n) is 0.949. The molecule has 14 heavy (non-hydrogen) atoms. The van der Waals surface area contributed by atoms with E-state index >= 15 is 0 Å². The minimum Gasteiger partial charge on any atom is -0.461 e. The topological polar surface area (TPSA) is 90.2 Å². The van der Waals surface area contributed by atoms with Gasteiger partial charge in [0.05, 0.1) is 0 Å². The molecule has 0 amide bonds. The predicted octanol–water partition coefficient (Wildman–Crippen LogP) is -1.77. The summed E-state index contributed by atoms with van der Waals surface area (Å²) in [7, 11) is 1.67. The molecule has 0 aliphatic carbocycles. The van der Waals surface area contributed by atoms with Crippen molar-refractivity contribution in [2.24, 2.45) is 0 Å². The molecule has 0 aliphatic rings. The summed E-state index contributed by atoms with van der Waals surface area (Å²) in [6.07, 6.45) is 1.16. The average molecular weight is 205 g/mol. The average Bonchev–Trinajstić information content (AvgIpc) is 2.02. The lowest BCUT2D eigenvalue weighted by Gasteiger charge is -2.07. The molecule has 6 nitrogen and oxygen atoms in total. The van der Waals surface area contributed by atoms with Crippen LogP contribution < -0.4 is 0 Å². The lowest BCUT2D eigenvalue weighted by Crippen LogP contribution is -2.19. The second-order valence-corrected chi connectivity index (χ2v) is 2.52. The van der Waals surface area contributed by atoms with Gasteiger partial charge in [0.1, 0.15) is 6.61 Å². The number of rotatable bonds is 4. The Hall–Kier alpha value is -0.885. The first-order valence-electron chi connectivity index (χ1n) is 3.88. The first-order valence-corrected chi connectivity index (χ1v) is 3.88. The highest BCUT2D eigenvalue weighted by Crippen LogP contribution is 1.80. The first kappa shape index (κ1) is 15.6. The summed E-state index contributed by atoms with van der Waals surface area (Å²) in [6, 6.07) is 0. The van der Waals surface area contributed by atoms with Gasteiger partial charge in [-0.05, 0) is 14.1 Å². The Bertz CT molecular complexity index is 159. The minimum atomic E-state index is -2.17. The van der Waals surface area contributed by atoms with Crippen molar-refractivity contribution in [3.8, 4) is 0 Å². The molecular weight excluding hydrogens is 189 g/mol. The van der Waals surface area contributed by atoms with Crippen LogP contribution in [0.5, 0.6) is 0 Å². The van der Waals surface area contributed by atoms with Crippen molar-refractivity contribution >= 4 is 13.3 Å². The molecule has 0 atom stereocenters. The fraction of sp³-hybridized carbons (Fsp3) is 0.571. The maximum Gasteiger partial charge on any atom is 0.631 e. The van der Waals surface area contributed by atoms with Gasteiger partial charge in [-0.15, -0.1) is 0 Å². The Kier molecular flexibility index (Phi) is 11.3. The van der Waals surface area contributed by atoms with Gasteiger partial charge in [0.2, 0.25) is 0 Å². The molecule has 0 heterocycles. The van der Waals surface area contributed by atoms with Gasteiger partial charge in [-0.3, -0.25) is 0 Å². The first-order chi connectivity index (χ1) is 6.40. The lowest BCUT2D eigenvalue weighted by molar-refractivity contribution is -0.137. The molecule has 0 radical (unpaired) electrons. The highest BCUT2D eigenvalue weighted by molar-refractivity contribution is 6.30. The van der Waals surface area contributed by atoms with E-state index in [-0.39, 0.29) is 5.97 Å². The molecule has 7 heteroatoms. The van der Waals surface area contributed by atoms with Crippen LogP contribution >= 0.6 is 0 Å². The van der Waals surface area contributed by atoms with E-state index in [2.05, 4.69) is 6.58 Å². The van der Waals surface area contributed by atoms with E-state index in [1.165, 1.54) is 0 Å². The van der Waals surface area contributed by atoms with Crippen molar-refractivity contribution in [1.29, 1.82) is 0 Å². The zero-order chi connectivity index (χ0) is 11.6. The molecule has 0 saturated carbocycles. The number of carbonyl (C=O) groups is 1. The molecule has 0 aliphatic heterocycles. The third-order valence-corrected chi connectivity index (χ3v) is 0.949. The molecule has 0 rings (SSSR count). The molecule has 0 aromatic carbocycles. The zero-order valence-electron chi connectivity index (χ0n) is 8.38. The second kappa shape index (κ2) is 10.2.